The summed E-state index contributed by atoms with van der Waals surface area (Å²) >= 11 is 0. The van der Waals surface area contributed by atoms with Gasteiger partial charge in [0.1, 0.15) is 0 Å². The SMILES string of the molecule is C=C/C=C(C)/C(C=C)=C/c1c(C=C)c(/C=C\C)c2ccccc2c1C=C. The van der Waals surface area contributed by atoms with E-state index in [0.29, 0.717) is 0 Å². The minimum absolute atomic E-state index is 1.05. The van der Waals surface area contributed by atoms with Crippen molar-refractivity contribution in [3.63, 3.8) is 0 Å². The van der Waals surface area contributed by atoms with Crippen LogP contribution in [0.2, 0.25) is 0 Å². The molecule has 0 saturated heterocycles. The number of hydrogen-bond acceptors (Lipinski definition) is 0. The van der Waals surface area contributed by atoms with Gasteiger partial charge < -0.3 is 0 Å². The average molecular weight is 338 g/mol. The lowest BCUT2D eigenvalue weighted by atomic mass is 9.87. The molecule has 0 aliphatic carbocycles. The van der Waals surface area contributed by atoms with Crippen molar-refractivity contribution in [1.82, 2.24) is 0 Å². The molecular formula is C26H26. The van der Waals surface area contributed by atoms with Crippen molar-refractivity contribution in [1.29, 1.82) is 0 Å². The van der Waals surface area contributed by atoms with Gasteiger partial charge >= 0.3 is 0 Å². The Labute approximate surface area is 157 Å². The molecule has 0 unspecified atom stereocenters. The monoisotopic (exact) mass is 338 g/mol. The Bertz CT molecular complexity index is 959. The van der Waals surface area contributed by atoms with E-state index in [1.54, 1.807) is 6.08 Å². The molecule has 0 saturated carbocycles. The maximum atomic E-state index is 4.08. The molecule has 0 heterocycles. The summed E-state index contributed by atoms with van der Waals surface area (Å²) in [5.74, 6) is 0. The third-order valence-electron chi connectivity index (χ3n) is 4.46. The maximum Gasteiger partial charge on any atom is -0.00933 e. The maximum absolute atomic E-state index is 4.08. The van der Waals surface area contributed by atoms with Crippen LogP contribution >= 0.6 is 0 Å². The zero-order valence-corrected chi connectivity index (χ0v) is 15.8. The molecule has 26 heavy (non-hydrogen) atoms. The summed E-state index contributed by atoms with van der Waals surface area (Å²) in [5.41, 5.74) is 6.65. The summed E-state index contributed by atoms with van der Waals surface area (Å²) in [5, 5.41) is 2.38. The zero-order valence-electron chi connectivity index (χ0n) is 15.8. The second kappa shape index (κ2) is 8.82. The van der Waals surface area contributed by atoms with Gasteiger partial charge in [0.25, 0.3) is 0 Å². The van der Waals surface area contributed by atoms with Crippen molar-refractivity contribution in [3.05, 3.63) is 108 Å². The average Bonchev–Trinajstić information content (AvgIpc) is 2.66. The molecule has 0 amide bonds. The number of fused-ring (bicyclic) bond motifs is 1. The minimum atomic E-state index is 1.05. The number of benzene rings is 2. The largest absolute Gasteiger partial charge is 0.0991 e. The summed E-state index contributed by atoms with van der Waals surface area (Å²) in [7, 11) is 0. The van der Waals surface area contributed by atoms with Gasteiger partial charge in [0, 0.05) is 0 Å². The van der Waals surface area contributed by atoms with Gasteiger partial charge in [-0.05, 0) is 64.1 Å². The molecule has 130 valence electrons. The highest BCUT2D eigenvalue weighted by molar-refractivity contribution is 6.03. The van der Waals surface area contributed by atoms with Crippen molar-refractivity contribution in [2.75, 3.05) is 0 Å². The van der Waals surface area contributed by atoms with Crippen molar-refractivity contribution in [2.45, 2.75) is 13.8 Å². The van der Waals surface area contributed by atoms with E-state index in [-0.39, 0.29) is 0 Å². The fourth-order valence-electron chi connectivity index (χ4n) is 3.24. The van der Waals surface area contributed by atoms with E-state index < -0.39 is 0 Å². The molecule has 0 nitrogen and oxygen atoms in total. The van der Waals surface area contributed by atoms with Crippen LogP contribution in [0.4, 0.5) is 0 Å². The van der Waals surface area contributed by atoms with Crippen LogP contribution in [0.15, 0.2) is 86.0 Å². The molecule has 2 aromatic rings. The predicted octanol–water partition coefficient (Wildman–Crippen LogP) is 7.86. The lowest BCUT2D eigenvalue weighted by molar-refractivity contribution is 1.44. The highest BCUT2D eigenvalue weighted by Crippen LogP contribution is 2.35. The first-order chi connectivity index (χ1) is 12.6. The Morgan fingerprint density at radius 1 is 0.846 bits per heavy atom. The Morgan fingerprint density at radius 2 is 1.46 bits per heavy atom. The third kappa shape index (κ3) is 3.60. The van der Waals surface area contributed by atoms with Crippen LogP contribution in [-0.4, -0.2) is 0 Å². The van der Waals surface area contributed by atoms with Crippen LogP contribution in [0.3, 0.4) is 0 Å². The summed E-state index contributed by atoms with van der Waals surface area (Å²) in [6.07, 6.45) is 15.9. The molecular weight excluding hydrogens is 312 g/mol. The van der Waals surface area contributed by atoms with E-state index in [4.69, 9.17) is 0 Å². The molecule has 0 radical (unpaired) electrons. The van der Waals surface area contributed by atoms with Gasteiger partial charge in [-0.2, -0.15) is 0 Å². The summed E-state index contributed by atoms with van der Waals surface area (Å²) in [6.45, 7) is 20.0. The van der Waals surface area contributed by atoms with Crippen LogP contribution in [0.5, 0.6) is 0 Å². The molecule has 0 heteroatoms. The standard InChI is InChI=1S/C26H26/c1-7-14-19(6)20(9-3)18-26-21(10-4)23(15-8-2)25-17-13-12-16-24(25)22(26)11-5/h7-18H,1,3-5H2,2,6H3/b15-8-,19-14+,20-18+. The molecule has 0 atom stereocenters. The van der Waals surface area contributed by atoms with Crippen LogP contribution in [0, 0.1) is 0 Å². The van der Waals surface area contributed by atoms with Crippen molar-refractivity contribution in [2.24, 2.45) is 0 Å². The fraction of sp³-hybridized carbons (Fsp3) is 0.0769. The van der Waals surface area contributed by atoms with Crippen LogP contribution in [-0.2, 0) is 0 Å². The van der Waals surface area contributed by atoms with E-state index in [2.05, 4.69) is 75.7 Å². The van der Waals surface area contributed by atoms with Crippen LogP contribution < -0.4 is 0 Å². The van der Waals surface area contributed by atoms with Gasteiger partial charge in [-0.25, -0.2) is 0 Å². The second-order valence-electron chi connectivity index (χ2n) is 6.00. The summed E-state index contributed by atoms with van der Waals surface area (Å²) < 4.78 is 0. The fourth-order valence-corrected chi connectivity index (χ4v) is 3.24. The molecule has 0 spiro atoms. The lowest BCUT2D eigenvalue weighted by Crippen LogP contribution is -1.96. The summed E-state index contributed by atoms with van der Waals surface area (Å²) in [6, 6.07) is 8.42. The van der Waals surface area contributed by atoms with Gasteiger partial charge in [-0.15, -0.1) is 0 Å². The van der Waals surface area contributed by atoms with Gasteiger partial charge in [0.05, 0.1) is 0 Å². The molecule has 2 aromatic carbocycles. The van der Waals surface area contributed by atoms with Crippen LogP contribution in [0.1, 0.15) is 36.1 Å². The Hall–Kier alpha value is -3.12. The van der Waals surface area contributed by atoms with Gasteiger partial charge in [0.15, 0.2) is 0 Å². The minimum Gasteiger partial charge on any atom is -0.0991 e. The number of hydrogen-bond donors (Lipinski definition) is 0. The number of rotatable bonds is 7. The molecule has 0 bridgehead atoms. The lowest BCUT2D eigenvalue weighted by Gasteiger charge is -2.17. The Morgan fingerprint density at radius 3 is 1.96 bits per heavy atom. The smallest absolute Gasteiger partial charge is 0.00933 e. The van der Waals surface area contributed by atoms with E-state index in [1.165, 1.54) is 16.3 Å². The zero-order chi connectivity index (χ0) is 19.1. The van der Waals surface area contributed by atoms with Crippen molar-refractivity contribution in [3.8, 4) is 0 Å². The first-order valence-corrected chi connectivity index (χ1v) is 8.73. The van der Waals surface area contributed by atoms with Gasteiger partial charge in [-0.3, -0.25) is 0 Å². The van der Waals surface area contributed by atoms with Gasteiger partial charge in [-0.1, -0.05) is 93.1 Å². The van der Waals surface area contributed by atoms with Gasteiger partial charge in [0.2, 0.25) is 0 Å². The number of allylic oxidation sites excluding steroid dienone is 6. The molecule has 0 aliphatic heterocycles. The first kappa shape index (κ1) is 19.2. The van der Waals surface area contributed by atoms with E-state index in [0.717, 1.165) is 27.8 Å². The Balaban J connectivity index is 3.02. The molecule has 0 aromatic heterocycles. The highest BCUT2D eigenvalue weighted by atomic mass is 14.2. The second-order valence-corrected chi connectivity index (χ2v) is 6.00. The molecule has 0 aliphatic rings. The quantitative estimate of drug-likeness (QED) is 0.451. The topological polar surface area (TPSA) is 0 Å². The molecule has 2 rings (SSSR count). The van der Waals surface area contributed by atoms with Crippen LogP contribution in [0.25, 0.3) is 35.1 Å². The van der Waals surface area contributed by atoms with E-state index in [1.807, 2.05) is 31.2 Å². The third-order valence-corrected chi connectivity index (χ3v) is 4.46. The molecule has 0 N–H and O–H groups in total. The highest BCUT2D eigenvalue weighted by Gasteiger charge is 2.14. The molecule has 0 fully saturated rings. The Kier molecular flexibility index (Phi) is 6.52. The summed E-state index contributed by atoms with van der Waals surface area (Å²) in [4.78, 5) is 0. The normalized spacial score (nSPS) is 12.4. The predicted molar refractivity (Wildman–Crippen MR) is 121 cm³/mol. The van der Waals surface area contributed by atoms with Crippen molar-refractivity contribution >= 4 is 35.1 Å². The van der Waals surface area contributed by atoms with Crippen molar-refractivity contribution < 1.29 is 0 Å². The van der Waals surface area contributed by atoms with E-state index in [9.17, 15) is 0 Å². The van der Waals surface area contributed by atoms with E-state index >= 15 is 0 Å². The first-order valence-electron chi connectivity index (χ1n) is 8.73.